The third kappa shape index (κ3) is 3.40. The quantitative estimate of drug-likeness (QED) is 0.669. The second-order valence-electron chi connectivity index (χ2n) is 6.28. The van der Waals surface area contributed by atoms with Crippen LogP contribution in [-0.4, -0.2) is 48.3 Å². The van der Waals surface area contributed by atoms with Gasteiger partial charge in [-0.25, -0.2) is 0 Å². The zero-order chi connectivity index (χ0) is 18.8. The predicted molar refractivity (Wildman–Crippen MR) is 100 cm³/mol. The number of carbonyl (C=O) groups is 1. The summed E-state index contributed by atoms with van der Waals surface area (Å²) < 4.78 is 15.9. The van der Waals surface area contributed by atoms with E-state index in [1.807, 2.05) is 21.7 Å². The van der Waals surface area contributed by atoms with Gasteiger partial charge in [-0.05, 0) is 36.1 Å². The van der Waals surface area contributed by atoms with E-state index in [1.54, 1.807) is 43.8 Å². The molecule has 2 aromatic heterocycles. The molecular weight excluding hydrogens is 366 g/mol. The van der Waals surface area contributed by atoms with Gasteiger partial charge in [0.25, 0.3) is 11.8 Å². The van der Waals surface area contributed by atoms with Gasteiger partial charge in [0.2, 0.25) is 0 Å². The Bertz CT molecular complexity index is 938. The molecule has 0 bridgehead atoms. The van der Waals surface area contributed by atoms with Crippen molar-refractivity contribution in [2.24, 2.45) is 0 Å². The lowest BCUT2D eigenvalue weighted by atomic mass is 10.1. The van der Waals surface area contributed by atoms with Crippen LogP contribution in [-0.2, 0) is 0 Å². The van der Waals surface area contributed by atoms with Crippen LogP contribution in [0.5, 0.6) is 11.5 Å². The Labute approximate surface area is 160 Å². The molecule has 4 rings (SSSR count). The van der Waals surface area contributed by atoms with Crippen LogP contribution in [0.4, 0.5) is 0 Å². The molecule has 3 heterocycles. The minimum Gasteiger partial charge on any atom is -0.493 e. The largest absolute Gasteiger partial charge is 0.493 e. The summed E-state index contributed by atoms with van der Waals surface area (Å²) in [5.41, 5.74) is 1.50. The van der Waals surface area contributed by atoms with Crippen molar-refractivity contribution in [1.29, 1.82) is 0 Å². The van der Waals surface area contributed by atoms with Crippen LogP contribution in [0, 0.1) is 0 Å². The lowest BCUT2D eigenvalue weighted by Gasteiger charge is -2.17. The minimum absolute atomic E-state index is 0.0417. The molecule has 1 saturated heterocycles. The second-order valence-corrected chi connectivity index (χ2v) is 7.06. The van der Waals surface area contributed by atoms with Gasteiger partial charge in [-0.2, -0.15) is 16.3 Å². The predicted octanol–water partition coefficient (Wildman–Crippen LogP) is 3.45. The molecule has 1 aliphatic heterocycles. The topological polar surface area (TPSA) is 77.7 Å². The molecule has 1 aliphatic rings. The minimum atomic E-state index is -0.0417. The van der Waals surface area contributed by atoms with Crippen molar-refractivity contribution < 1.29 is 18.8 Å². The molecule has 0 aliphatic carbocycles. The van der Waals surface area contributed by atoms with E-state index in [0.29, 0.717) is 41.9 Å². The van der Waals surface area contributed by atoms with Crippen molar-refractivity contribution in [2.75, 3.05) is 27.3 Å². The summed E-state index contributed by atoms with van der Waals surface area (Å²) in [6, 6.07) is 7.15. The summed E-state index contributed by atoms with van der Waals surface area (Å²) in [7, 11) is 3.12. The normalized spacial score (nSPS) is 16.5. The zero-order valence-electron chi connectivity index (χ0n) is 15.0. The van der Waals surface area contributed by atoms with Crippen molar-refractivity contribution >= 4 is 17.2 Å². The van der Waals surface area contributed by atoms with Crippen molar-refractivity contribution in [2.45, 2.75) is 12.3 Å². The number of hydrogen-bond donors (Lipinski definition) is 0. The molecule has 1 aromatic carbocycles. The standard InChI is InChI=1S/C19H19N3O4S/c1-24-15-4-3-12(9-16(15)25-2)19(23)22-7-5-13(10-22)17-20-18(26-21-17)14-6-8-27-11-14/h3-4,6,8-9,11,13H,5,7,10H2,1-2H3. The first-order valence-corrected chi connectivity index (χ1v) is 9.51. The molecule has 1 unspecified atom stereocenters. The molecule has 8 heteroatoms. The van der Waals surface area contributed by atoms with Crippen LogP contribution in [0.2, 0.25) is 0 Å². The molecular formula is C19H19N3O4S. The number of aromatic nitrogens is 2. The van der Waals surface area contributed by atoms with Crippen LogP contribution in [0.15, 0.2) is 39.5 Å². The van der Waals surface area contributed by atoms with Gasteiger partial charge in [0.15, 0.2) is 17.3 Å². The van der Waals surface area contributed by atoms with Crippen molar-refractivity contribution in [3.8, 4) is 23.0 Å². The van der Waals surface area contributed by atoms with E-state index in [2.05, 4.69) is 10.1 Å². The number of thiophene rings is 1. The Morgan fingerprint density at radius 3 is 2.85 bits per heavy atom. The van der Waals surface area contributed by atoms with Crippen molar-refractivity contribution in [3.05, 3.63) is 46.4 Å². The van der Waals surface area contributed by atoms with E-state index in [4.69, 9.17) is 14.0 Å². The van der Waals surface area contributed by atoms with Crippen LogP contribution in [0.1, 0.15) is 28.5 Å². The number of amides is 1. The average molecular weight is 385 g/mol. The molecule has 1 atom stereocenters. The summed E-state index contributed by atoms with van der Waals surface area (Å²) >= 11 is 1.58. The molecule has 140 valence electrons. The van der Waals surface area contributed by atoms with E-state index in [-0.39, 0.29) is 11.8 Å². The zero-order valence-corrected chi connectivity index (χ0v) is 15.9. The van der Waals surface area contributed by atoms with Crippen LogP contribution < -0.4 is 9.47 Å². The molecule has 3 aromatic rings. The highest BCUT2D eigenvalue weighted by Crippen LogP contribution is 2.31. The molecule has 0 N–H and O–H groups in total. The maximum Gasteiger partial charge on any atom is 0.258 e. The summed E-state index contributed by atoms with van der Waals surface area (Å²) in [5, 5.41) is 8.06. The summed E-state index contributed by atoms with van der Waals surface area (Å²) in [5.74, 6) is 2.35. The number of rotatable bonds is 5. The monoisotopic (exact) mass is 385 g/mol. The maximum atomic E-state index is 12.9. The van der Waals surface area contributed by atoms with Crippen LogP contribution in [0.3, 0.4) is 0 Å². The number of carbonyl (C=O) groups excluding carboxylic acids is 1. The third-order valence-electron chi connectivity index (χ3n) is 4.68. The Hall–Kier alpha value is -2.87. The van der Waals surface area contributed by atoms with Crippen LogP contribution >= 0.6 is 11.3 Å². The third-order valence-corrected chi connectivity index (χ3v) is 5.36. The van der Waals surface area contributed by atoms with Crippen molar-refractivity contribution in [3.63, 3.8) is 0 Å². The molecule has 0 saturated carbocycles. The van der Waals surface area contributed by atoms with Gasteiger partial charge >= 0.3 is 0 Å². The highest BCUT2D eigenvalue weighted by molar-refractivity contribution is 7.08. The molecule has 0 radical (unpaired) electrons. The molecule has 1 amide bonds. The number of benzene rings is 1. The second kappa shape index (κ2) is 7.40. The summed E-state index contributed by atoms with van der Waals surface area (Å²) in [6.45, 7) is 1.22. The fourth-order valence-electron chi connectivity index (χ4n) is 3.21. The smallest absolute Gasteiger partial charge is 0.258 e. The first-order chi connectivity index (χ1) is 13.2. The van der Waals surface area contributed by atoms with Gasteiger partial charge in [0.05, 0.1) is 19.8 Å². The fourth-order valence-corrected chi connectivity index (χ4v) is 3.84. The maximum absolute atomic E-state index is 12.9. The lowest BCUT2D eigenvalue weighted by Crippen LogP contribution is -2.28. The van der Waals surface area contributed by atoms with E-state index in [1.165, 1.54) is 0 Å². The fraction of sp³-hybridized carbons (Fsp3) is 0.316. The first-order valence-electron chi connectivity index (χ1n) is 8.57. The molecule has 7 nitrogen and oxygen atoms in total. The van der Waals surface area contributed by atoms with Gasteiger partial charge < -0.3 is 18.9 Å². The van der Waals surface area contributed by atoms with E-state index < -0.39 is 0 Å². The highest BCUT2D eigenvalue weighted by atomic mass is 32.1. The van der Waals surface area contributed by atoms with Crippen LogP contribution in [0.25, 0.3) is 11.5 Å². The lowest BCUT2D eigenvalue weighted by molar-refractivity contribution is 0.0790. The number of hydrogen-bond acceptors (Lipinski definition) is 7. The Morgan fingerprint density at radius 1 is 1.26 bits per heavy atom. The van der Waals surface area contributed by atoms with Gasteiger partial charge in [0, 0.05) is 30.0 Å². The molecule has 27 heavy (non-hydrogen) atoms. The first kappa shape index (κ1) is 17.5. The molecule has 1 fully saturated rings. The number of ether oxygens (including phenoxy) is 2. The highest BCUT2D eigenvalue weighted by Gasteiger charge is 2.31. The number of methoxy groups -OCH3 is 2. The number of nitrogens with zero attached hydrogens (tertiary/aromatic N) is 3. The van der Waals surface area contributed by atoms with E-state index in [9.17, 15) is 4.79 Å². The van der Waals surface area contributed by atoms with Gasteiger partial charge in [0.1, 0.15) is 0 Å². The van der Waals surface area contributed by atoms with E-state index >= 15 is 0 Å². The van der Waals surface area contributed by atoms with Gasteiger partial charge in [-0.15, -0.1) is 0 Å². The van der Waals surface area contributed by atoms with Crippen molar-refractivity contribution in [1.82, 2.24) is 15.0 Å². The number of likely N-dealkylation sites (tertiary alicyclic amines) is 1. The Morgan fingerprint density at radius 2 is 2.11 bits per heavy atom. The van der Waals surface area contributed by atoms with Gasteiger partial charge in [-0.3, -0.25) is 4.79 Å². The Kier molecular flexibility index (Phi) is 4.81. The van der Waals surface area contributed by atoms with Gasteiger partial charge in [-0.1, -0.05) is 5.16 Å². The summed E-state index contributed by atoms with van der Waals surface area (Å²) in [6.07, 6.45) is 0.807. The molecule has 0 spiro atoms. The Balaban J connectivity index is 1.47. The SMILES string of the molecule is COc1ccc(C(=O)N2CCC(c3noc(-c4ccsc4)n3)C2)cc1OC. The average Bonchev–Trinajstić information content (AvgIpc) is 3.46. The summed E-state index contributed by atoms with van der Waals surface area (Å²) in [4.78, 5) is 19.2. The van der Waals surface area contributed by atoms with E-state index in [0.717, 1.165) is 12.0 Å².